The maximum absolute atomic E-state index is 12.6. The van der Waals surface area contributed by atoms with Gasteiger partial charge in [-0.1, -0.05) is 18.3 Å². The molecule has 0 spiro atoms. The van der Waals surface area contributed by atoms with E-state index < -0.39 is 0 Å². The van der Waals surface area contributed by atoms with E-state index >= 15 is 0 Å². The van der Waals surface area contributed by atoms with Gasteiger partial charge in [-0.25, -0.2) is 4.98 Å². The standard InChI is InChI=1S/C14H22N4O2S/c1-10-3-2-4-18(9-10)13(19)11-12(15)16-14(21-11)17-5-7-20-8-6-17/h10H,2-9,15H2,1H3. The summed E-state index contributed by atoms with van der Waals surface area (Å²) in [4.78, 5) is 21.7. The number of likely N-dealkylation sites (tertiary alicyclic amines) is 1. The Balaban J connectivity index is 1.75. The Morgan fingerprint density at radius 1 is 1.38 bits per heavy atom. The fourth-order valence-corrected chi connectivity index (χ4v) is 3.89. The van der Waals surface area contributed by atoms with Crippen LogP contribution >= 0.6 is 11.3 Å². The average Bonchev–Trinajstić information content (AvgIpc) is 2.89. The van der Waals surface area contributed by atoms with Crippen LogP contribution in [0.3, 0.4) is 0 Å². The van der Waals surface area contributed by atoms with E-state index in [-0.39, 0.29) is 5.91 Å². The van der Waals surface area contributed by atoms with E-state index in [4.69, 9.17) is 10.5 Å². The molecule has 0 aliphatic carbocycles. The van der Waals surface area contributed by atoms with E-state index in [2.05, 4.69) is 16.8 Å². The molecule has 1 atom stereocenters. The monoisotopic (exact) mass is 310 g/mol. The molecule has 0 saturated carbocycles. The van der Waals surface area contributed by atoms with Crippen LogP contribution in [0.4, 0.5) is 10.9 Å². The molecule has 2 N–H and O–H groups in total. The van der Waals surface area contributed by atoms with Gasteiger partial charge in [0, 0.05) is 26.2 Å². The topological polar surface area (TPSA) is 71.7 Å². The molecule has 1 amide bonds. The second kappa shape index (κ2) is 6.19. The molecular formula is C14H22N4O2S. The van der Waals surface area contributed by atoms with Crippen molar-refractivity contribution in [3.05, 3.63) is 4.88 Å². The van der Waals surface area contributed by atoms with Gasteiger partial charge in [-0.3, -0.25) is 4.79 Å². The van der Waals surface area contributed by atoms with Crippen molar-refractivity contribution >= 4 is 28.2 Å². The summed E-state index contributed by atoms with van der Waals surface area (Å²) >= 11 is 1.41. The van der Waals surface area contributed by atoms with Crippen LogP contribution in [0.1, 0.15) is 29.4 Å². The van der Waals surface area contributed by atoms with Gasteiger partial charge in [0.15, 0.2) is 5.13 Å². The van der Waals surface area contributed by atoms with Crippen LogP contribution in [0.5, 0.6) is 0 Å². The van der Waals surface area contributed by atoms with Crippen molar-refractivity contribution in [2.24, 2.45) is 5.92 Å². The van der Waals surface area contributed by atoms with E-state index in [1.807, 2.05) is 4.90 Å². The lowest BCUT2D eigenvalue weighted by molar-refractivity contribution is 0.0689. The summed E-state index contributed by atoms with van der Waals surface area (Å²) in [5.74, 6) is 0.969. The lowest BCUT2D eigenvalue weighted by Gasteiger charge is -2.30. The smallest absolute Gasteiger partial charge is 0.267 e. The average molecular weight is 310 g/mol. The number of aromatic nitrogens is 1. The third kappa shape index (κ3) is 3.13. The maximum Gasteiger partial charge on any atom is 0.267 e. The Hall–Kier alpha value is -1.34. The second-order valence-corrected chi connectivity index (χ2v) is 6.79. The van der Waals surface area contributed by atoms with Gasteiger partial charge in [0.2, 0.25) is 0 Å². The van der Waals surface area contributed by atoms with Gasteiger partial charge in [0.1, 0.15) is 10.7 Å². The first kappa shape index (κ1) is 14.6. The third-order valence-electron chi connectivity index (χ3n) is 4.06. The van der Waals surface area contributed by atoms with E-state index in [1.54, 1.807) is 0 Å². The van der Waals surface area contributed by atoms with Crippen LogP contribution in [-0.2, 0) is 4.74 Å². The molecule has 0 radical (unpaired) electrons. The number of thiazole rings is 1. The van der Waals surface area contributed by atoms with Crippen molar-refractivity contribution in [1.29, 1.82) is 0 Å². The number of nitrogen functional groups attached to an aromatic ring is 1. The number of morpholine rings is 1. The van der Waals surface area contributed by atoms with Gasteiger partial charge >= 0.3 is 0 Å². The molecule has 6 nitrogen and oxygen atoms in total. The van der Waals surface area contributed by atoms with E-state index in [9.17, 15) is 4.79 Å². The van der Waals surface area contributed by atoms with Crippen LogP contribution in [0.25, 0.3) is 0 Å². The van der Waals surface area contributed by atoms with Crippen LogP contribution in [-0.4, -0.2) is 55.2 Å². The second-order valence-electron chi connectivity index (χ2n) is 5.81. The predicted molar refractivity (Wildman–Crippen MR) is 83.9 cm³/mol. The molecule has 0 aromatic carbocycles. The predicted octanol–water partition coefficient (Wildman–Crippen LogP) is 1.43. The normalized spacial score (nSPS) is 23.4. The minimum atomic E-state index is 0.0380. The first-order valence-electron chi connectivity index (χ1n) is 7.53. The molecule has 2 saturated heterocycles. The number of carbonyl (C=O) groups excluding carboxylic acids is 1. The van der Waals surface area contributed by atoms with Crippen LogP contribution in [0.2, 0.25) is 0 Å². The SMILES string of the molecule is CC1CCCN(C(=O)c2sc(N3CCOCC3)nc2N)C1. The first-order valence-corrected chi connectivity index (χ1v) is 8.35. The molecule has 1 aromatic rings. The molecule has 7 heteroatoms. The van der Waals surface area contributed by atoms with Crippen molar-refractivity contribution in [2.75, 3.05) is 50.0 Å². The zero-order valence-corrected chi connectivity index (χ0v) is 13.2. The van der Waals surface area contributed by atoms with Crippen molar-refractivity contribution in [2.45, 2.75) is 19.8 Å². The van der Waals surface area contributed by atoms with Crippen molar-refractivity contribution < 1.29 is 9.53 Å². The molecule has 21 heavy (non-hydrogen) atoms. The summed E-state index contributed by atoms with van der Waals surface area (Å²) in [5, 5.41) is 0.837. The van der Waals surface area contributed by atoms with Crippen LogP contribution in [0.15, 0.2) is 0 Å². The van der Waals surface area contributed by atoms with E-state index in [0.29, 0.717) is 29.8 Å². The van der Waals surface area contributed by atoms with Gasteiger partial charge in [0.25, 0.3) is 5.91 Å². The first-order chi connectivity index (χ1) is 10.1. The highest BCUT2D eigenvalue weighted by molar-refractivity contribution is 7.18. The number of carbonyl (C=O) groups is 1. The minimum Gasteiger partial charge on any atom is -0.382 e. The molecular weight excluding hydrogens is 288 g/mol. The zero-order chi connectivity index (χ0) is 14.8. The Morgan fingerprint density at radius 3 is 2.86 bits per heavy atom. The highest BCUT2D eigenvalue weighted by Crippen LogP contribution is 2.30. The van der Waals surface area contributed by atoms with Crippen molar-refractivity contribution in [3.8, 4) is 0 Å². The van der Waals surface area contributed by atoms with E-state index in [1.165, 1.54) is 17.8 Å². The Morgan fingerprint density at radius 2 is 2.14 bits per heavy atom. The summed E-state index contributed by atoms with van der Waals surface area (Å²) in [6.45, 7) is 6.85. The molecule has 1 aromatic heterocycles. The number of rotatable bonds is 2. The molecule has 1 unspecified atom stereocenters. The number of hydrogen-bond donors (Lipinski definition) is 1. The summed E-state index contributed by atoms with van der Waals surface area (Å²) in [5.41, 5.74) is 5.98. The summed E-state index contributed by atoms with van der Waals surface area (Å²) in [7, 11) is 0. The van der Waals surface area contributed by atoms with Crippen LogP contribution < -0.4 is 10.6 Å². The summed E-state index contributed by atoms with van der Waals surface area (Å²) in [6.07, 6.45) is 2.27. The molecule has 3 rings (SSSR count). The lowest BCUT2D eigenvalue weighted by atomic mass is 10.0. The molecule has 3 heterocycles. The Bertz CT molecular complexity index is 513. The number of piperidine rings is 1. The molecule has 116 valence electrons. The fraction of sp³-hybridized carbons (Fsp3) is 0.714. The summed E-state index contributed by atoms with van der Waals surface area (Å²) in [6, 6.07) is 0. The van der Waals surface area contributed by atoms with Gasteiger partial charge in [-0.15, -0.1) is 0 Å². The third-order valence-corrected chi connectivity index (χ3v) is 5.18. The molecule has 2 aliphatic rings. The summed E-state index contributed by atoms with van der Waals surface area (Å²) < 4.78 is 5.34. The number of nitrogens with two attached hydrogens (primary N) is 1. The number of nitrogens with zero attached hydrogens (tertiary/aromatic N) is 3. The number of amides is 1. The van der Waals surface area contributed by atoms with Gasteiger partial charge in [-0.2, -0.15) is 0 Å². The Labute approximate surface area is 128 Å². The molecule has 2 aliphatic heterocycles. The van der Waals surface area contributed by atoms with Crippen molar-refractivity contribution in [1.82, 2.24) is 9.88 Å². The number of anilines is 2. The highest BCUT2D eigenvalue weighted by Gasteiger charge is 2.27. The molecule has 0 bridgehead atoms. The lowest BCUT2D eigenvalue weighted by Crippen LogP contribution is -2.39. The molecule has 2 fully saturated rings. The number of hydrogen-bond acceptors (Lipinski definition) is 6. The van der Waals surface area contributed by atoms with Gasteiger partial charge in [0.05, 0.1) is 13.2 Å². The zero-order valence-electron chi connectivity index (χ0n) is 12.4. The van der Waals surface area contributed by atoms with Gasteiger partial charge < -0.3 is 20.3 Å². The van der Waals surface area contributed by atoms with E-state index in [0.717, 1.165) is 37.7 Å². The minimum absolute atomic E-state index is 0.0380. The largest absolute Gasteiger partial charge is 0.382 e. The van der Waals surface area contributed by atoms with Crippen molar-refractivity contribution in [3.63, 3.8) is 0 Å². The Kier molecular flexibility index (Phi) is 4.30. The van der Waals surface area contributed by atoms with Gasteiger partial charge in [-0.05, 0) is 18.8 Å². The quantitative estimate of drug-likeness (QED) is 0.895. The maximum atomic E-state index is 12.6. The number of ether oxygens (including phenoxy) is 1. The highest BCUT2D eigenvalue weighted by atomic mass is 32.1. The van der Waals surface area contributed by atoms with Crippen LogP contribution in [0, 0.1) is 5.92 Å². The fourth-order valence-electron chi connectivity index (χ4n) is 2.88.